The fourth-order valence-electron chi connectivity index (χ4n) is 2.95. The van der Waals surface area contributed by atoms with E-state index in [1.54, 1.807) is 14.2 Å². The second-order valence-corrected chi connectivity index (χ2v) is 7.42. The predicted molar refractivity (Wildman–Crippen MR) is 112 cm³/mol. The molecule has 5 nitrogen and oxygen atoms in total. The SMILES string of the molecule is COc1cc(CN(CCC(C)C)CC(O)COc2ccccc2)cc(OC)c1. The smallest absolute Gasteiger partial charge is 0.122 e. The van der Waals surface area contributed by atoms with Crippen molar-refractivity contribution in [2.45, 2.75) is 32.9 Å². The van der Waals surface area contributed by atoms with Gasteiger partial charge in [-0.2, -0.15) is 0 Å². The summed E-state index contributed by atoms with van der Waals surface area (Å²) in [6.45, 7) is 6.84. The largest absolute Gasteiger partial charge is 0.497 e. The molecule has 28 heavy (non-hydrogen) atoms. The summed E-state index contributed by atoms with van der Waals surface area (Å²) in [5.41, 5.74) is 1.09. The Kier molecular flexibility index (Phi) is 9.11. The number of hydrogen-bond donors (Lipinski definition) is 1. The molecule has 2 aromatic carbocycles. The zero-order valence-electron chi connectivity index (χ0n) is 17.4. The molecule has 2 aromatic rings. The van der Waals surface area contributed by atoms with E-state index in [0.29, 0.717) is 19.0 Å². The second kappa shape index (κ2) is 11.6. The molecular formula is C23H33NO4. The Balaban J connectivity index is 2.00. The molecule has 0 aliphatic rings. The molecule has 1 N–H and O–H groups in total. The van der Waals surface area contributed by atoms with Crippen LogP contribution in [0.15, 0.2) is 48.5 Å². The molecule has 0 aromatic heterocycles. The van der Waals surface area contributed by atoms with Gasteiger partial charge in [-0.1, -0.05) is 32.0 Å². The quantitative estimate of drug-likeness (QED) is 0.597. The molecule has 0 saturated carbocycles. The molecule has 0 amide bonds. The maximum atomic E-state index is 10.5. The summed E-state index contributed by atoms with van der Waals surface area (Å²) in [6, 6.07) is 15.5. The van der Waals surface area contributed by atoms with Gasteiger partial charge in [0.05, 0.1) is 14.2 Å². The first-order chi connectivity index (χ1) is 13.5. The van der Waals surface area contributed by atoms with Crippen molar-refractivity contribution in [2.24, 2.45) is 5.92 Å². The summed E-state index contributed by atoms with van der Waals surface area (Å²) in [5, 5.41) is 10.5. The Morgan fingerprint density at radius 2 is 1.57 bits per heavy atom. The minimum Gasteiger partial charge on any atom is -0.497 e. The van der Waals surface area contributed by atoms with Gasteiger partial charge in [-0.15, -0.1) is 0 Å². The van der Waals surface area contributed by atoms with Crippen LogP contribution in [-0.2, 0) is 6.54 Å². The highest BCUT2D eigenvalue weighted by molar-refractivity contribution is 5.38. The number of aliphatic hydroxyl groups excluding tert-OH is 1. The van der Waals surface area contributed by atoms with Crippen molar-refractivity contribution in [3.63, 3.8) is 0 Å². The minimum absolute atomic E-state index is 0.267. The van der Waals surface area contributed by atoms with Crippen LogP contribution in [0.1, 0.15) is 25.8 Å². The van der Waals surface area contributed by atoms with Gasteiger partial charge in [0, 0.05) is 19.2 Å². The lowest BCUT2D eigenvalue weighted by Crippen LogP contribution is -2.36. The summed E-state index contributed by atoms with van der Waals surface area (Å²) >= 11 is 0. The Hall–Kier alpha value is -2.24. The van der Waals surface area contributed by atoms with E-state index < -0.39 is 6.10 Å². The number of methoxy groups -OCH3 is 2. The maximum absolute atomic E-state index is 10.5. The van der Waals surface area contributed by atoms with Gasteiger partial charge in [-0.25, -0.2) is 0 Å². The number of hydrogen-bond acceptors (Lipinski definition) is 5. The van der Waals surface area contributed by atoms with Crippen molar-refractivity contribution < 1.29 is 19.3 Å². The number of rotatable bonds is 12. The van der Waals surface area contributed by atoms with E-state index in [1.807, 2.05) is 48.5 Å². The summed E-state index contributed by atoms with van der Waals surface area (Å²) in [5.74, 6) is 2.91. The molecule has 0 spiro atoms. The number of ether oxygens (including phenoxy) is 3. The Labute approximate surface area is 168 Å². The van der Waals surface area contributed by atoms with E-state index in [9.17, 15) is 5.11 Å². The molecule has 0 bridgehead atoms. The third-order valence-electron chi connectivity index (χ3n) is 4.49. The van der Waals surface area contributed by atoms with Crippen LogP contribution in [0.3, 0.4) is 0 Å². The number of nitrogens with zero attached hydrogens (tertiary/aromatic N) is 1. The van der Waals surface area contributed by atoms with E-state index in [0.717, 1.165) is 35.8 Å². The van der Waals surface area contributed by atoms with Crippen LogP contribution in [-0.4, -0.2) is 50.0 Å². The van der Waals surface area contributed by atoms with E-state index in [2.05, 4.69) is 18.7 Å². The van der Waals surface area contributed by atoms with Gasteiger partial charge >= 0.3 is 0 Å². The zero-order chi connectivity index (χ0) is 20.4. The van der Waals surface area contributed by atoms with Crippen molar-refractivity contribution >= 4 is 0 Å². The first-order valence-electron chi connectivity index (χ1n) is 9.80. The lowest BCUT2D eigenvalue weighted by molar-refractivity contribution is 0.0639. The molecule has 1 atom stereocenters. The van der Waals surface area contributed by atoms with Crippen LogP contribution in [0.25, 0.3) is 0 Å². The van der Waals surface area contributed by atoms with Crippen molar-refractivity contribution in [3.8, 4) is 17.2 Å². The van der Waals surface area contributed by atoms with Gasteiger partial charge in [-0.3, -0.25) is 4.90 Å². The maximum Gasteiger partial charge on any atom is 0.122 e. The summed E-state index contributed by atoms with van der Waals surface area (Å²) in [6.07, 6.45) is 0.493. The number of aliphatic hydroxyl groups is 1. The molecule has 154 valence electrons. The first-order valence-corrected chi connectivity index (χ1v) is 9.80. The van der Waals surface area contributed by atoms with Crippen LogP contribution in [0, 0.1) is 5.92 Å². The highest BCUT2D eigenvalue weighted by atomic mass is 16.5. The lowest BCUT2D eigenvalue weighted by atomic mass is 10.1. The third kappa shape index (κ3) is 7.79. The molecule has 5 heteroatoms. The Morgan fingerprint density at radius 1 is 0.929 bits per heavy atom. The van der Waals surface area contributed by atoms with Gasteiger partial charge in [0.25, 0.3) is 0 Å². The standard InChI is InChI=1S/C23H33NO4/c1-18(2)10-11-24(15-19-12-22(26-3)14-23(13-19)27-4)16-20(25)17-28-21-8-6-5-7-9-21/h5-9,12-14,18,20,25H,10-11,15-17H2,1-4H3. The highest BCUT2D eigenvalue weighted by Crippen LogP contribution is 2.23. The lowest BCUT2D eigenvalue weighted by Gasteiger charge is -2.26. The summed E-state index contributed by atoms with van der Waals surface area (Å²) in [7, 11) is 3.31. The zero-order valence-corrected chi connectivity index (χ0v) is 17.4. The topological polar surface area (TPSA) is 51.2 Å². The highest BCUT2D eigenvalue weighted by Gasteiger charge is 2.15. The van der Waals surface area contributed by atoms with Crippen molar-refractivity contribution in [1.29, 1.82) is 0 Å². The van der Waals surface area contributed by atoms with E-state index in [4.69, 9.17) is 14.2 Å². The van der Waals surface area contributed by atoms with Gasteiger partial charge in [0.15, 0.2) is 0 Å². The number of benzene rings is 2. The average Bonchev–Trinajstić information content (AvgIpc) is 2.70. The monoisotopic (exact) mass is 387 g/mol. The summed E-state index contributed by atoms with van der Waals surface area (Å²) < 4.78 is 16.5. The first kappa shape index (κ1) is 22.1. The molecule has 0 radical (unpaired) electrons. The fraction of sp³-hybridized carbons (Fsp3) is 0.478. The minimum atomic E-state index is -0.570. The third-order valence-corrected chi connectivity index (χ3v) is 4.49. The van der Waals surface area contributed by atoms with Gasteiger partial charge < -0.3 is 19.3 Å². The van der Waals surface area contributed by atoms with Crippen LogP contribution < -0.4 is 14.2 Å². The molecule has 1 unspecified atom stereocenters. The molecule has 0 aliphatic carbocycles. The summed E-state index contributed by atoms with van der Waals surface area (Å²) in [4.78, 5) is 2.26. The van der Waals surface area contributed by atoms with Crippen LogP contribution in [0.5, 0.6) is 17.2 Å². The normalized spacial score (nSPS) is 12.2. The average molecular weight is 388 g/mol. The molecular weight excluding hydrogens is 354 g/mol. The van der Waals surface area contributed by atoms with Gasteiger partial charge in [0.1, 0.15) is 30.0 Å². The number of para-hydroxylation sites is 1. The Bertz CT molecular complexity index is 668. The van der Waals surface area contributed by atoms with Crippen molar-refractivity contribution in [3.05, 3.63) is 54.1 Å². The van der Waals surface area contributed by atoms with Gasteiger partial charge in [-0.05, 0) is 48.7 Å². The van der Waals surface area contributed by atoms with Crippen molar-refractivity contribution in [1.82, 2.24) is 4.90 Å². The van der Waals surface area contributed by atoms with E-state index >= 15 is 0 Å². The molecule has 2 rings (SSSR count). The van der Waals surface area contributed by atoms with Crippen LogP contribution >= 0.6 is 0 Å². The predicted octanol–water partition coefficient (Wildman–Crippen LogP) is 3.99. The van der Waals surface area contributed by atoms with E-state index in [1.165, 1.54) is 0 Å². The van der Waals surface area contributed by atoms with Crippen LogP contribution in [0.4, 0.5) is 0 Å². The second-order valence-electron chi connectivity index (χ2n) is 7.42. The molecule has 0 saturated heterocycles. The Morgan fingerprint density at radius 3 is 2.14 bits per heavy atom. The molecule has 0 fully saturated rings. The van der Waals surface area contributed by atoms with Crippen molar-refractivity contribution in [2.75, 3.05) is 33.9 Å². The van der Waals surface area contributed by atoms with Gasteiger partial charge in [0.2, 0.25) is 0 Å². The molecule has 0 aliphatic heterocycles. The van der Waals surface area contributed by atoms with Crippen LogP contribution in [0.2, 0.25) is 0 Å². The molecule has 0 heterocycles. The fourth-order valence-corrected chi connectivity index (χ4v) is 2.95. The van der Waals surface area contributed by atoms with E-state index in [-0.39, 0.29) is 6.61 Å².